The molecule has 0 aromatic rings. The Morgan fingerprint density at radius 2 is 1.16 bits per heavy atom. The van der Waals surface area contributed by atoms with Gasteiger partial charge in [0, 0.05) is 12.8 Å². The highest BCUT2D eigenvalue weighted by atomic mass is 31.2. The molecule has 12 heteroatoms. The maximum Gasteiger partial charge on any atom is 0.472 e. The Bertz CT molecular complexity index is 691. The fourth-order valence-electron chi connectivity index (χ4n) is 3.53. The second-order valence-electron chi connectivity index (χ2n) is 9.54. The molecule has 0 aliphatic heterocycles. The molecule has 0 aliphatic carbocycles. The molecule has 0 saturated carbocycles. The quantitative estimate of drug-likeness (QED) is 0.0706. The lowest BCUT2D eigenvalue weighted by atomic mass is 10.1. The SMILES string of the molecule is CCCCCCCCCCCCCC(=O)OC[C@@H](COP(=O)(O)OC[C@@H](N)C(=O)O)OC(=O)CCCCC. The molecule has 0 aromatic heterocycles. The molecule has 0 amide bonds. The zero-order chi connectivity index (χ0) is 28.7. The van der Waals surface area contributed by atoms with Crippen molar-refractivity contribution in [1.29, 1.82) is 0 Å². The van der Waals surface area contributed by atoms with Gasteiger partial charge in [-0.1, -0.05) is 90.9 Å². The van der Waals surface area contributed by atoms with Gasteiger partial charge in [-0.2, -0.15) is 0 Å². The zero-order valence-corrected chi connectivity index (χ0v) is 24.2. The van der Waals surface area contributed by atoms with Crippen LogP contribution in [0.25, 0.3) is 0 Å². The average Bonchev–Trinajstić information content (AvgIpc) is 2.87. The van der Waals surface area contributed by atoms with Crippen molar-refractivity contribution < 1.29 is 47.5 Å². The minimum atomic E-state index is -4.67. The number of esters is 2. The Labute approximate surface area is 227 Å². The van der Waals surface area contributed by atoms with E-state index in [1.165, 1.54) is 44.9 Å². The predicted molar refractivity (Wildman–Crippen MR) is 143 cm³/mol. The van der Waals surface area contributed by atoms with Crippen LogP contribution in [0, 0.1) is 0 Å². The minimum absolute atomic E-state index is 0.151. The van der Waals surface area contributed by atoms with E-state index in [0.717, 1.165) is 32.1 Å². The van der Waals surface area contributed by atoms with E-state index in [4.69, 9.17) is 24.8 Å². The summed E-state index contributed by atoms with van der Waals surface area (Å²) in [4.78, 5) is 44.7. The molecule has 0 spiro atoms. The van der Waals surface area contributed by atoms with Crippen LogP contribution in [-0.2, 0) is 37.5 Å². The smallest absolute Gasteiger partial charge is 0.472 e. The summed E-state index contributed by atoms with van der Waals surface area (Å²) >= 11 is 0. The first-order chi connectivity index (χ1) is 18.1. The summed E-state index contributed by atoms with van der Waals surface area (Å²) in [6, 6.07) is -1.51. The third-order valence-electron chi connectivity index (χ3n) is 5.86. The summed E-state index contributed by atoms with van der Waals surface area (Å²) in [7, 11) is -4.67. The van der Waals surface area contributed by atoms with E-state index in [0.29, 0.717) is 12.8 Å². The van der Waals surface area contributed by atoms with Crippen LogP contribution in [0.3, 0.4) is 0 Å². The highest BCUT2D eigenvalue weighted by Crippen LogP contribution is 2.43. The molecule has 0 aromatic carbocycles. The summed E-state index contributed by atoms with van der Waals surface area (Å²) in [5.74, 6) is -2.41. The largest absolute Gasteiger partial charge is 0.480 e. The van der Waals surface area contributed by atoms with E-state index in [1.54, 1.807) is 0 Å². The number of nitrogens with two attached hydrogens (primary N) is 1. The molecular weight excluding hydrogens is 517 g/mol. The lowest BCUT2D eigenvalue weighted by molar-refractivity contribution is -0.161. The zero-order valence-electron chi connectivity index (χ0n) is 23.3. The van der Waals surface area contributed by atoms with E-state index in [9.17, 15) is 23.8 Å². The van der Waals surface area contributed by atoms with Gasteiger partial charge in [-0.05, 0) is 12.8 Å². The molecule has 0 saturated heterocycles. The lowest BCUT2D eigenvalue weighted by Gasteiger charge is -2.20. The number of unbranched alkanes of at least 4 members (excludes halogenated alkanes) is 12. The number of aliphatic carboxylic acids is 1. The molecule has 0 heterocycles. The minimum Gasteiger partial charge on any atom is -0.480 e. The summed E-state index contributed by atoms with van der Waals surface area (Å²) < 4.78 is 31.9. The van der Waals surface area contributed by atoms with Gasteiger partial charge in [0.2, 0.25) is 0 Å². The number of carboxylic acid groups (broad SMARTS) is 1. The molecule has 0 bridgehead atoms. The van der Waals surface area contributed by atoms with Gasteiger partial charge in [0.1, 0.15) is 12.6 Å². The number of hydrogen-bond acceptors (Lipinski definition) is 9. The maximum atomic E-state index is 12.1. The third kappa shape index (κ3) is 22.5. The molecular formula is C26H50NO10P. The van der Waals surface area contributed by atoms with E-state index in [-0.39, 0.29) is 19.4 Å². The second kappa shape index (κ2) is 23.4. The van der Waals surface area contributed by atoms with Crippen molar-refractivity contribution in [3.63, 3.8) is 0 Å². The van der Waals surface area contributed by atoms with Crippen LogP contribution in [0.4, 0.5) is 0 Å². The standard InChI is InChI=1S/C26H50NO10P/c1-3-5-7-8-9-10-11-12-13-14-16-17-24(28)34-19-22(37-25(29)18-15-6-4-2)20-35-38(32,33)36-21-23(27)26(30)31/h22-23H,3-21,27H2,1-2H3,(H,30,31)(H,32,33)/t22-,23+/m0/s1. The van der Waals surface area contributed by atoms with Crippen LogP contribution >= 0.6 is 7.82 Å². The van der Waals surface area contributed by atoms with Crippen LogP contribution < -0.4 is 5.73 Å². The number of phosphoric ester groups is 1. The fraction of sp³-hybridized carbons (Fsp3) is 0.885. The Morgan fingerprint density at radius 1 is 0.711 bits per heavy atom. The first-order valence-electron chi connectivity index (χ1n) is 14.1. The number of hydrogen-bond donors (Lipinski definition) is 3. The average molecular weight is 568 g/mol. The Hall–Kier alpha value is -1.52. The summed E-state index contributed by atoms with van der Waals surface area (Å²) in [6.07, 6.45) is 14.4. The van der Waals surface area contributed by atoms with Crippen molar-refractivity contribution in [2.24, 2.45) is 5.73 Å². The van der Waals surface area contributed by atoms with E-state index in [2.05, 4.69) is 11.4 Å². The number of carbonyl (C=O) groups is 3. The van der Waals surface area contributed by atoms with Crippen LogP contribution in [-0.4, -0.2) is 59.9 Å². The Balaban J connectivity index is 4.39. The highest BCUT2D eigenvalue weighted by Gasteiger charge is 2.28. The normalized spacial score (nSPS) is 14.4. The first kappa shape index (κ1) is 36.5. The Kier molecular flexibility index (Phi) is 22.4. The molecule has 0 aliphatic rings. The maximum absolute atomic E-state index is 12.1. The summed E-state index contributed by atoms with van der Waals surface area (Å²) in [5.41, 5.74) is 5.25. The second-order valence-corrected chi connectivity index (χ2v) is 11.0. The van der Waals surface area contributed by atoms with Crippen LogP contribution in [0.2, 0.25) is 0 Å². The molecule has 0 radical (unpaired) electrons. The summed E-state index contributed by atoms with van der Waals surface area (Å²) in [6.45, 7) is 2.53. The van der Waals surface area contributed by atoms with E-state index >= 15 is 0 Å². The van der Waals surface area contributed by atoms with Crippen molar-refractivity contribution in [3.05, 3.63) is 0 Å². The number of rotatable bonds is 26. The molecule has 224 valence electrons. The molecule has 3 atom stereocenters. The van der Waals surface area contributed by atoms with Crippen molar-refractivity contribution in [3.8, 4) is 0 Å². The number of ether oxygens (including phenoxy) is 2. The summed E-state index contributed by atoms with van der Waals surface area (Å²) in [5, 5.41) is 8.74. The Morgan fingerprint density at radius 3 is 1.71 bits per heavy atom. The van der Waals surface area contributed by atoms with Crippen molar-refractivity contribution in [2.45, 2.75) is 129 Å². The number of carbonyl (C=O) groups excluding carboxylic acids is 2. The van der Waals surface area contributed by atoms with Crippen LogP contribution in [0.5, 0.6) is 0 Å². The van der Waals surface area contributed by atoms with Gasteiger partial charge < -0.3 is 25.2 Å². The molecule has 38 heavy (non-hydrogen) atoms. The van der Waals surface area contributed by atoms with Gasteiger partial charge in [-0.15, -0.1) is 0 Å². The molecule has 0 fully saturated rings. The van der Waals surface area contributed by atoms with Crippen molar-refractivity contribution >= 4 is 25.7 Å². The van der Waals surface area contributed by atoms with Crippen LogP contribution in [0.15, 0.2) is 0 Å². The van der Waals surface area contributed by atoms with E-state index < -0.39 is 51.1 Å². The number of phosphoric acid groups is 1. The lowest BCUT2D eigenvalue weighted by Crippen LogP contribution is -2.34. The van der Waals surface area contributed by atoms with Gasteiger partial charge in [0.25, 0.3) is 0 Å². The fourth-order valence-corrected chi connectivity index (χ4v) is 4.31. The highest BCUT2D eigenvalue weighted by molar-refractivity contribution is 7.47. The molecule has 11 nitrogen and oxygen atoms in total. The van der Waals surface area contributed by atoms with E-state index in [1.807, 2.05) is 6.92 Å². The molecule has 0 rings (SSSR count). The van der Waals surface area contributed by atoms with Gasteiger partial charge in [-0.3, -0.25) is 23.4 Å². The molecule has 1 unspecified atom stereocenters. The third-order valence-corrected chi connectivity index (χ3v) is 6.81. The topological polar surface area (TPSA) is 172 Å². The predicted octanol–water partition coefficient (Wildman–Crippen LogP) is 5.27. The van der Waals surface area contributed by atoms with Crippen molar-refractivity contribution in [1.82, 2.24) is 0 Å². The first-order valence-corrected chi connectivity index (χ1v) is 15.6. The van der Waals surface area contributed by atoms with Gasteiger partial charge in [0.15, 0.2) is 6.10 Å². The monoisotopic (exact) mass is 567 g/mol. The van der Waals surface area contributed by atoms with Crippen molar-refractivity contribution in [2.75, 3.05) is 19.8 Å². The number of carboxylic acids is 1. The molecule has 4 N–H and O–H groups in total. The van der Waals surface area contributed by atoms with Gasteiger partial charge in [0.05, 0.1) is 13.2 Å². The van der Waals surface area contributed by atoms with Gasteiger partial charge in [-0.25, -0.2) is 4.57 Å². The van der Waals surface area contributed by atoms with Gasteiger partial charge >= 0.3 is 25.7 Å². The van der Waals surface area contributed by atoms with Crippen LogP contribution in [0.1, 0.15) is 117 Å².